The second kappa shape index (κ2) is 15.1. The number of imidazole rings is 2. The third-order valence-electron chi connectivity index (χ3n) is 7.42. The van der Waals surface area contributed by atoms with Crippen LogP contribution in [0.15, 0.2) is 90.4 Å². The van der Waals surface area contributed by atoms with Gasteiger partial charge in [0.2, 0.25) is 11.8 Å². The number of carbonyl (C=O) groups is 2. The Bertz CT molecular complexity index is 1790. The first kappa shape index (κ1) is 32.7. The highest BCUT2D eigenvalue weighted by atomic mass is 32.2. The van der Waals surface area contributed by atoms with Crippen LogP contribution in [-0.2, 0) is 9.59 Å². The number of thioether (sulfide) groups is 3. The molecule has 234 valence electrons. The topological polar surface area (TPSA) is 98.0 Å². The van der Waals surface area contributed by atoms with Crippen molar-refractivity contribution in [3.8, 4) is 0 Å². The Balaban J connectivity index is 0.000000170. The number of carbonyl (C=O) groups excluding carboxylic acids is 2. The summed E-state index contributed by atoms with van der Waals surface area (Å²) in [4.78, 5) is 43.6. The van der Waals surface area contributed by atoms with Crippen LogP contribution in [0.1, 0.15) is 45.1 Å². The second-order valence-corrected chi connectivity index (χ2v) is 13.3. The van der Waals surface area contributed by atoms with Crippen molar-refractivity contribution in [2.45, 2.75) is 50.1 Å². The molecule has 2 aliphatic heterocycles. The van der Waals surface area contributed by atoms with Gasteiger partial charge < -0.3 is 9.97 Å². The summed E-state index contributed by atoms with van der Waals surface area (Å²) in [5.74, 6) is 0.878. The number of hydrogen-bond acceptors (Lipinski definition) is 7. The van der Waals surface area contributed by atoms with Crippen molar-refractivity contribution in [3.63, 3.8) is 0 Å². The smallest absolute Gasteiger partial charge is 0.241 e. The van der Waals surface area contributed by atoms with Crippen molar-refractivity contribution in [1.82, 2.24) is 19.9 Å². The van der Waals surface area contributed by atoms with E-state index in [0.717, 1.165) is 45.4 Å². The van der Waals surface area contributed by atoms with Gasteiger partial charge >= 0.3 is 0 Å². The predicted octanol–water partition coefficient (Wildman–Crippen LogP) is 8.38. The van der Waals surface area contributed by atoms with Crippen LogP contribution in [0.2, 0.25) is 0 Å². The van der Waals surface area contributed by atoms with E-state index in [1.807, 2.05) is 84.5 Å². The molecule has 4 heterocycles. The maximum Gasteiger partial charge on any atom is 0.241 e. The fraction of sp³-hybridized carbons (Fsp3) is 0.294. The molecule has 2 amide bonds. The highest BCUT2D eigenvalue weighted by Crippen LogP contribution is 2.46. The molecule has 3 unspecified atom stereocenters. The normalized spacial score (nSPS) is 19.9. The van der Waals surface area contributed by atoms with Gasteiger partial charge in [0.25, 0.3) is 0 Å². The summed E-state index contributed by atoms with van der Waals surface area (Å²) in [5, 5.41) is 2.24. The SMILES string of the molecule is CC.CCC1SC(c2ccccc2)N(c2ccc3nc[nH]c3c2)C1=O.CS/C=C(\C)C1SCC(=O)N1c1ccc2nc[nH]c2c1. The van der Waals surface area contributed by atoms with Gasteiger partial charge in [0.05, 0.1) is 45.7 Å². The number of benzene rings is 3. The molecule has 2 aliphatic rings. The molecule has 2 saturated heterocycles. The number of aromatic amines is 2. The van der Waals surface area contributed by atoms with Gasteiger partial charge in [-0.25, -0.2) is 9.97 Å². The standard InChI is InChI=1S/C18H17N3OS.C14H15N3OS2.C2H6/c1-2-16-17(22)21(18(23-16)12-6-4-3-5-7-12)13-8-9-14-15(10-13)20-11-19-14;1-9(6-19-2)14-17(13(18)7-20-14)10-3-4-11-12(5-10)16-8-15-11;1-2/h3-11,16,18H,2H2,1H3,(H,19,20);3-6,8,14H,7H2,1-2H3,(H,15,16);1-2H3/b;9-6+;. The Morgan fingerprint density at radius 3 is 2.11 bits per heavy atom. The Morgan fingerprint density at radius 2 is 1.53 bits per heavy atom. The summed E-state index contributed by atoms with van der Waals surface area (Å²) in [6, 6.07) is 22.1. The summed E-state index contributed by atoms with van der Waals surface area (Å²) in [6.45, 7) is 8.15. The van der Waals surface area contributed by atoms with E-state index in [1.165, 1.54) is 5.57 Å². The van der Waals surface area contributed by atoms with Crippen molar-refractivity contribution in [2.75, 3.05) is 21.8 Å². The second-order valence-electron chi connectivity index (χ2n) is 10.2. The molecular formula is C34H38N6O2S3. The molecule has 45 heavy (non-hydrogen) atoms. The monoisotopic (exact) mass is 658 g/mol. The largest absolute Gasteiger partial charge is 0.345 e. The summed E-state index contributed by atoms with van der Waals surface area (Å²) in [6.07, 6.45) is 6.23. The maximum absolute atomic E-state index is 12.9. The summed E-state index contributed by atoms with van der Waals surface area (Å²) in [7, 11) is 0. The fourth-order valence-corrected chi connectivity index (χ4v) is 8.50. The summed E-state index contributed by atoms with van der Waals surface area (Å²) < 4.78 is 0. The minimum absolute atomic E-state index is 0.0117. The van der Waals surface area contributed by atoms with Crippen molar-refractivity contribution < 1.29 is 9.59 Å². The highest BCUT2D eigenvalue weighted by Gasteiger charge is 2.41. The molecule has 0 bridgehead atoms. The van der Waals surface area contributed by atoms with E-state index >= 15 is 0 Å². The van der Waals surface area contributed by atoms with E-state index < -0.39 is 0 Å². The van der Waals surface area contributed by atoms with Crippen LogP contribution in [0.4, 0.5) is 11.4 Å². The molecule has 2 fully saturated rings. The van der Waals surface area contributed by atoms with Crippen LogP contribution in [0.5, 0.6) is 0 Å². The van der Waals surface area contributed by atoms with Crippen LogP contribution in [0, 0.1) is 0 Å². The van der Waals surface area contributed by atoms with Gasteiger partial charge in [-0.2, -0.15) is 0 Å². The van der Waals surface area contributed by atoms with Gasteiger partial charge in [0.1, 0.15) is 10.7 Å². The molecule has 8 nitrogen and oxygen atoms in total. The molecule has 0 aliphatic carbocycles. The molecule has 11 heteroatoms. The number of nitrogens with zero attached hydrogens (tertiary/aromatic N) is 4. The van der Waals surface area contributed by atoms with Gasteiger partial charge in [0, 0.05) is 11.4 Å². The lowest BCUT2D eigenvalue weighted by atomic mass is 10.1. The first-order valence-electron chi connectivity index (χ1n) is 15.0. The van der Waals surface area contributed by atoms with Crippen molar-refractivity contribution in [1.29, 1.82) is 0 Å². The Labute approximate surface area is 276 Å². The van der Waals surface area contributed by atoms with Gasteiger partial charge in [0.15, 0.2) is 0 Å². The first-order valence-corrected chi connectivity index (χ1v) is 18.3. The van der Waals surface area contributed by atoms with E-state index in [0.29, 0.717) is 5.75 Å². The molecule has 0 saturated carbocycles. The zero-order valence-electron chi connectivity index (χ0n) is 26.1. The lowest BCUT2D eigenvalue weighted by Gasteiger charge is -2.24. The van der Waals surface area contributed by atoms with Crippen LogP contribution in [-0.4, -0.2) is 54.4 Å². The lowest BCUT2D eigenvalue weighted by Crippen LogP contribution is -2.33. The molecule has 2 aromatic heterocycles. The van der Waals surface area contributed by atoms with Gasteiger partial charge in [-0.15, -0.1) is 35.3 Å². The van der Waals surface area contributed by atoms with Crippen molar-refractivity contribution in [3.05, 3.63) is 95.9 Å². The molecular weight excluding hydrogens is 621 g/mol. The lowest BCUT2D eigenvalue weighted by molar-refractivity contribution is -0.118. The number of amides is 2. The third kappa shape index (κ3) is 6.95. The zero-order valence-corrected chi connectivity index (χ0v) is 28.5. The number of aromatic nitrogens is 4. The van der Waals surface area contributed by atoms with Crippen LogP contribution in [0.3, 0.4) is 0 Å². The summed E-state index contributed by atoms with van der Waals surface area (Å²) in [5.41, 5.74) is 7.95. The Hall–Kier alpha value is -3.67. The Kier molecular flexibility index (Phi) is 11.0. The molecule has 7 rings (SSSR count). The number of anilines is 2. The highest BCUT2D eigenvalue weighted by molar-refractivity contribution is 8.02. The molecule has 3 aromatic carbocycles. The average molecular weight is 659 g/mol. The molecule has 5 aromatic rings. The molecule has 3 atom stereocenters. The number of rotatable bonds is 6. The van der Waals surface area contributed by atoms with Gasteiger partial charge in [-0.05, 0) is 72.5 Å². The first-order chi connectivity index (χ1) is 22.0. The van der Waals surface area contributed by atoms with E-state index in [1.54, 1.807) is 47.9 Å². The quantitative estimate of drug-likeness (QED) is 0.189. The fourth-order valence-electron chi connectivity index (χ4n) is 5.35. The van der Waals surface area contributed by atoms with Crippen LogP contribution < -0.4 is 9.80 Å². The van der Waals surface area contributed by atoms with Crippen LogP contribution in [0.25, 0.3) is 22.1 Å². The predicted molar refractivity (Wildman–Crippen MR) is 193 cm³/mol. The van der Waals surface area contributed by atoms with Crippen LogP contribution >= 0.6 is 35.3 Å². The number of fused-ring (bicyclic) bond motifs is 2. The van der Waals surface area contributed by atoms with E-state index in [-0.39, 0.29) is 27.8 Å². The van der Waals surface area contributed by atoms with Gasteiger partial charge in [-0.1, -0.05) is 51.1 Å². The van der Waals surface area contributed by atoms with E-state index in [9.17, 15) is 9.59 Å². The van der Waals surface area contributed by atoms with E-state index in [4.69, 9.17) is 0 Å². The number of nitrogens with one attached hydrogen (secondary N) is 2. The number of H-pyrrole nitrogens is 2. The third-order valence-corrected chi connectivity index (χ3v) is 10.9. The Morgan fingerprint density at radius 1 is 0.933 bits per heavy atom. The van der Waals surface area contributed by atoms with E-state index in [2.05, 4.69) is 51.3 Å². The summed E-state index contributed by atoms with van der Waals surface area (Å²) >= 11 is 5.08. The number of hydrogen-bond donors (Lipinski definition) is 2. The van der Waals surface area contributed by atoms with Gasteiger partial charge in [-0.3, -0.25) is 19.4 Å². The maximum atomic E-state index is 12.9. The average Bonchev–Trinajstić information content (AvgIpc) is 3.88. The zero-order chi connectivity index (χ0) is 31.9. The molecule has 2 N–H and O–H groups in total. The molecule has 0 radical (unpaired) electrons. The minimum atomic E-state index is 0.0117. The minimum Gasteiger partial charge on any atom is -0.345 e. The van der Waals surface area contributed by atoms with Crippen molar-refractivity contribution >= 4 is 80.5 Å². The van der Waals surface area contributed by atoms with Crippen molar-refractivity contribution in [2.24, 2.45) is 0 Å². The molecule has 0 spiro atoms.